The first kappa shape index (κ1) is 14.5. The quantitative estimate of drug-likeness (QED) is 0.712. The number of halogens is 1. The van der Waals surface area contributed by atoms with Gasteiger partial charge in [0.2, 0.25) is 10.0 Å². The van der Waals surface area contributed by atoms with Crippen molar-refractivity contribution >= 4 is 21.6 Å². The number of hydrogen-bond donors (Lipinski definition) is 0. The van der Waals surface area contributed by atoms with Gasteiger partial charge in [0, 0.05) is 25.7 Å². The van der Waals surface area contributed by atoms with E-state index in [9.17, 15) is 8.42 Å². The van der Waals surface area contributed by atoms with Gasteiger partial charge in [-0.3, -0.25) is 4.68 Å². The van der Waals surface area contributed by atoms with Crippen LogP contribution in [0.3, 0.4) is 0 Å². The molecule has 0 radical (unpaired) electrons. The smallest absolute Gasteiger partial charge is 0.245 e. The molecule has 0 saturated heterocycles. The van der Waals surface area contributed by atoms with Gasteiger partial charge in [-0.05, 0) is 6.42 Å². The predicted molar refractivity (Wildman–Crippen MR) is 67.7 cm³/mol. The van der Waals surface area contributed by atoms with Crippen LogP contribution >= 0.6 is 11.6 Å². The zero-order chi connectivity index (χ0) is 12.9. The molecule has 1 rings (SSSR count). The minimum Gasteiger partial charge on any atom is -0.270 e. The second kappa shape index (κ2) is 6.37. The number of unbranched alkanes of at least 4 members (excludes halogenated alkanes) is 1. The predicted octanol–water partition coefficient (Wildman–Crippen LogP) is 1.54. The lowest BCUT2D eigenvalue weighted by molar-refractivity contribution is 0.459. The highest BCUT2D eigenvalue weighted by atomic mass is 35.5. The van der Waals surface area contributed by atoms with Gasteiger partial charge in [0.1, 0.15) is 4.90 Å². The maximum Gasteiger partial charge on any atom is 0.245 e. The standard InChI is InChI=1S/C10H18ClN3O2S/c1-3-4-6-13(2)17(15,16)10-8-12-14(9-10)7-5-11/h8-9H,3-7H2,1-2H3. The Hall–Kier alpha value is -0.590. The van der Waals surface area contributed by atoms with Crippen molar-refractivity contribution in [2.75, 3.05) is 19.5 Å². The molecule has 0 N–H and O–H groups in total. The number of aromatic nitrogens is 2. The van der Waals surface area contributed by atoms with Gasteiger partial charge in [0.25, 0.3) is 0 Å². The first-order valence-electron chi connectivity index (χ1n) is 5.57. The number of nitrogens with zero attached hydrogens (tertiary/aromatic N) is 3. The van der Waals surface area contributed by atoms with E-state index >= 15 is 0 Å². The Balaban J connectivity index is 2.81. The highest BCUT2D eigenvalue weighted by Gasteiger charge is 2.21. The summed E-state index contributed by atoms with van der Waals surface area (Å²) in [5.41, 5.74) is 0. The highest BCUT2D eigenvalue weighted by Crippen LogP contribution is 2.13. The molecule has 0 bridgehead atoms. The third-order valence-electron chi connectivity index (χ3n) is 2.46. The molecule has 7 heteroatoms. The first-order valence-corrected chi connectivity index (χ1v) is 7.54. The van der Waals surface area contributed by atoms with Gasteiger partial charge in [-0.2, -0.15) is 5.10 Å². The maximum atomic E-state index is 12.1. The first-order chi connectivity index (χ1) is 8.02. The summed E-state index contributed by atoms with van der Waals surface area (Å²) in [6.07, 6.45) is 4.70. The van der Waals surface area contributed by atoms with Crippen molar-refractivity contribution in [2.24, 2.45) is 0 Å². The van der Waals surface area contributed by atoms with Crippen LogP contribution in [0.25, 0.3) is 0 Å². The molecule has 0 spiro atoms. The summed E-state index contributed by atoms with van der Waals surface area (Å²) in [6, 6.07) is 0. The Morgan fingerprint density at radius 1 is 1.53 bits per heavy atom. The Morgan fingerprint density at radius 2 is 2.24 bits per heavy atom. The Morgan fingerprint density at radius 3 is 2.82 bits per heavy atom. The van der Waals surface area contributed by atoms with Gasteiger partial charge in [-0.25, -0.2) is 12.7 Å². The second-order valence-electron chi connectivity index (χ2n) is 3.81. The summed E-state index contributed by atoms with van der Waals surface area (Å²) in [4.78, 5) is 0.223. The lowest BCUT2D eigenvalue weighted by Gasteiger charge is -2.15. The molecular weight excluding hydrogens is 262 g/mol. The van der Waals surface area contributed by atoms with Crippen LogP contribution in [-0.2, 0) is 16.6 Å². The van der Waals surface area contributed by atoms with Crippen LogP contribution in [0.2, 0.25) is 0 Å². The Bertz CT molecular complexity index is 444. The van der Waals surface area contributed by atoms with E-state index in [1.54, 1.807) is 7.05 Å². The van der Waals surface area contributed by atoms with Gasteiger partial charge >= 0.3 is 0 Å². The molecule has 0 aliphatic heterocycles. The fraction of sp³-hybridized carbons (Fsp3) is 0.700. The van der Waals surface area contributed by atoms with Crippen molar-refractivity contribution in [1.82, 2.24) is 14.1 Å². The van der Waals surface area contributed by atoms with Gasteiger partial charge in [0.05, 0.1) is 12.7 Å². The monoisotopic (exact) mass is 279 g/mol. The van der Waals surface area contributed by atoms with Crippen molar-refractivity contribution in [2.45, 2.75) is 31.2 Å². The molecule has 0 aliphatic rings. The molecule has 0 amide bonds. The summed E-state index contributed by atoms with van der Waals surface area (Å²) >= 11 is 5.57. The molecule has 1 aromatic heterocycles. The van der Waals surface area contributed by atoms with E-state index in [4.69, 9.17) is 11.6 Å². The zero-order valence-electron chi connectivity index (χ0n) is 10.1. The molecule has 0 aliphatic carbocycles. The topological polar surface area (TPSA) is 55.2 Å². The summed E-state index contributed by atoms with van der Waals surface area (Å²) in [5, 5.41) is 3.96. The van der Waals surface area contributed by atoms with Crippen LogP contribution in [0.1, 0.15) is 19.8 Å². The molecule has 98 valence electrons. The molecule has 0 fully saturated rings. The minimum atomic E-state index is -3.40. The fourth-order valence-corrected chi connectivity index (χ4v) is 2.71. The van der Waals surface area contributed by atoms with Crippen molar-refractivity contribution in [3.63, 3.8) is 0 Å². The van der Waals surface area contributed by atoms with Crippen LogP contribution < -0.4 is 0 Å². The normalized spacial score (nSPS) is 12.2. The summed E-state index contributed by atoms with van der Waals surface area (Å²) in [5.74, 6) is 0.410. The maximum absolute atomic E-state index is 12.1. The van der Waals surface area contributed by atoms with Gasteiger partial charge in [-0.1, -0.05) is 13.3 Å². The van der Waals surface area contributed by atoms with Crippen molar-refractivity contribution < 1.29 is 8.42 Å². The molecule has 1 aromatic rings. The highest BCUT2D eigenvalue weighted by molar-refractivity contribution is 7.89. The van der Waals surface area contributed by atoms with E-state index in [0.717, 1.165) is 12.8 Å². The van der Waals surface area contributed by atoms with Crippen molar-refractivity contribution in [3.05, 3.63) is 12.4 Å². The second-order valence-corrected chi connectivity index (χ2v) is 6.23. The third-order valence-corrected chi connectivity index (χ3v) is 4.44. The van der Waals surface area contributed by atoms with Crippen LogP contribution in [0.4, 0.5) is 0 Å². The number of sulfonamides is 1. The molecule has 0 atom stereocenters. The van der Waals surface area contributed by atoms with E-state index in [0.29, 0.717) is 19.0 Å². The molecule has 17 heavy (non-hydrogen) atoms. The average molecular weight is 280 g/mol. The molecular formula is C10H18ClN3O2S. The number of rotatable bonds is 7. The fourth-order valence-electron chi connectivity index (χ4n) is 1.37. The molecule has 0 unspecified atom stereocenters. The van der Waals surface area contributed by atoms with Crippen LogP contribution in [0, 0.1) is 0 Å². The summed E-state index contributed by atoms with van der Waals surface area (Å²) < 4.78 is 27.1. The number of alkyl halides is 1. The van der Waals surface area contributed by atoms with Crippen LogP contribution in [0.15, 0.2) is 17.3 Å². The zero-order valence-corrected chi connectivity index (χ0v) is 11.7. The van der Waals surface area contributed by atoms with E-state index < -0.39 is 10.0 Å². The summed E-state index contributed by atoms with van der Waals surface area (Å²) in [6.45, 7) is 3.06. The van der Waals surface area contributed by atoms with Gasteiger partial charge < -0.3 is 0 Å². The van der Waals surface area contributed by atoms with E-state index in [1.165, 1.54) is 21.4 Å². The van der Waals surface area contributed by atoms with Gasteiger partial charge in [0.15, 0.2) is 0 Å². The Labute approximate surface area is 107 Å². The van der Waals surface area contributed by atoms with E-state index in [2.05, 4.69) is 5.10 Å². The lowest BCUT2D eigenvalue weighted by atomic mass is 10.3. The summed E-state index contributed by atoms with van der Waals surface area (Å²) in [7, 11) is -1.81. The van der Waals surface area contributed by atoms with E-state index in [1.807, 2.05) is 6.92 Å². The minimum absolute atomic E-state index is 0.223. The number of hydrogen-bond acceptors (Lipinski definition) is 3. The molecule has 0 aromatic carbocycles. The van der Waals surface area contributed by atoms with Crippen LogP contribution in [-0.4, -0.2) is 42.0 Å². The SMILES string of the molecule is CCCCN(C)S(=O)(=O)c1cnn(CCCl)c1. The van der Waals surface area contributed by atoms with Crippen LogP contribution in [0.5, 0.6) is 0 Å². The molecule has 5 nitrogen and oxygen atoms in total. The van der Waals surface area contributed by atoms with Gasteiger partial charge in [-0.15, -0.1) is 11.6 Å². The largest absolute Gasteiger partial charge is 0.270 e. The van der Waals surface area contributed by atoms with Crippen molar-refractivity contribution in [1.29, 1.82) is 0 Å². The average Bonchev–Trinajstić information content (AvgIpc) is 2.75. The lowest BCUT2D eigenvalue weighted by Crippen LogP contribution is -2.27. The Kier molecular flexibility index (Phi) is 5.42. The third kappa shape index (κ3) is 3.69. The van der Waals surface area contributed by atoms with Crippen molar-refractivity contribution in [3.8, 4) is 0 Å². The molecule has 0 saturated carbocycles. The molecule has 1 heterocycles. The number of aryl methyl sites for hydroxylation is 1. The van der Waals surface area contributed by atoms with E-state index in [-0.39, 0.29) is 4.90 Å².